The number of aliphatic carboxylic acids is 1. The van der Waals surface area contributed by atoms with Crippen LogP contribution in [0, 0.1) is 11.3 Å². The first kappa shape index (κ1) is 17.3. The number of carboxylic acid groups (broad SMARTS) is 1. The Morgan fingerprint density at radius 3 is 2.46 bits per heavy atom. The van der Waals surface area contributed by atoms with Crippen molar-refractivity contribution >= 4 is 29.4 Å². The molecule has 0 aliphatic carbocycles. The van der Waals surface area contributed by atoms with Gasteiger partial charge in [-0.2, -0.15) is 5.26 Å². The van der Waals surface area contributed by atoms with Crippen molar-refractivity contribution in [3.05, 3.63) is 70.3 Å². The largest absolute Gasteiger partial charge is 0.546 e. The summed E-state index contributed by atoms with van der Waals surface area (Å²) in [7, 11) is 0. The molecule has 0 unspecified atom stereocenters. The Labute approximate surface area is 143 Å². The quantitative estimate of drug-likeness (QED) is 0.457. The molecule has 0 saturated heterocycles. The van der Waals surface area contributed by atoms with Crippen molar-refractivity contribution in [2.24, 2.45) is 0 Å². The highest BCUT2D eigenvalue weighted by Gasteiger charge is 2.13. The highest BCUT2D eigenvalue weighted by molar-refractivity contribution is 6.30. The number of ketones is 1. The Balaban J connectivity index is 2.34. The molecular formula is C18H11ClNO4-. The van der Waals surface area contributed by atoms with Crippen molar-refractivity contribution in [2.75, 3.05) is 6.61 Å². The summed E-state index contributed by atoms with van der Waals surface area (Å²) in [5.74, 6) is -1.60. The number of para-hydroxylation sites is 1. The number of hydrogen-bond donors (Lipinski definition) is 0. The van der Waals surface area contributed by atoms with Crippen molar-refractivity contribution in [3.8, 4) is 11.8 Å². The van der Waals surface area contributed by atoms with E-state index in [4.69, 9.17) is 16.3 Å². The van der Waals surface area contributed by atoms with Crippen molar-refractivity contribution < 1.29 is 19.4 Å². The van der Waals surface area contributed by atoms with Crippen molar-refractivity contribution in [1.82, 2.24) is 0 Å². The summed E-state index contributed by atoms with van der Waals surface area (Å²) in [6.45, 7) is -0.627. The number of Topliss-reactive ketones (excluding diaryl/α,β-unsaturated/α-hetero) is 1. The van der Waals surface area contributed by atoms with Gasteiger partial charge >= 0.3 is 0 Å². The van der Waals surface area contributed by atoms with Gasteiger partial charge in [-0.05, 0) is 36.4 Å². The summed E-state index contributed by atoms with van der Waals surface area (Å²) in [4.78, 5) is 22.9. The number of allylic oxidation sites excluding steroid dienone is 1. The number of hydrogen-bond acceptors (Lipinski definition) is 5. The molecule has 0 radical (unpaired) electrons. The zero-order chi connectivity index (χ0) is 17.5. The molecule has 0 bridgehead atoms. The first-order valence-corrected chi connectivity index (χ1v) is 7.23. The number of carbonyl (C=O) groups is 2. The van der Waals surface area contributed by atoms with E-state index in [0.29, 0.717) is 16.1 Å². The van der Waals surface area contributed by atoms with E-state index in [2.05, 4.69) is 0 Å². The Bertz CT molecular complexity index is 835. The third kappa shape index (κ3) is 4.45. The van der Waals surface area contributed by atoms with Gasteiger partial charge in [0, 0.05) is 16.1 Å². The maximum absolute atomic E-state index is 12.4. The lowest BCUT2D eigenvalue weighted by atomic mass is 10.0. The van der Waals surface area contributed by atoms with Crippen LogP contribution in [0.4, 0.5) is 0 Å². The molecule has 0 heterocycles. The SMILES string of the molecule is N#C/C(=C\c1ccccc1OCC(=O)[O-])C(=O)c1ccc(Cl)cc1. The molecule has 6 heteroatoms. The zero-order valence-corrected chi connectivity index (χ0v) is 13.1. The van der Waals surface area contributed by atoms with Gasteiger partial charge in [0.15, 0.2) is 0 Å². The van der Waals surface area contributed by atoms with Gasteiger partial charge in [-0.25, -0.2) is 0 Å². The molecule has 2 aromatic rings. The van der Waals surface area contributed by atoms with Crippen LogP contribution in [0.15, 0.2) is 54.1 Å². The molecule has 5 nitrogen and oxygen atoms in total. The second-order valence-corrected chi connectivity index (χ2v) is 5.14. The van der Waals surface area contributed by atoms with Crippen LogP contribution >= 0.6 is 11.6 Å². The molecule has 2 rings (SSSR count). The fourth-order valence-electron chi connectivity index (χ4n) is 1.93. The number of halogens is 1. The van der Waals surface area contributed by atoms with E-state index in [1.54, 1.807) is 30.3 Å². The first-order chi connectivity index (χ1) is 11.5. The highest BCUT2D eigenvalue weighted by Crippen LogP contribution is 2.22. The second-order valence-electron chi connectivity index (χ2n) is 4.70. The van der Waals surface area contributed by atoms with Crippen LogP contribution in [0.2, 0.25) is 5.02 Å². The van der Waals surface area contributed by atoms with Gasteiger partial charge in [0.25, 0.3) is 0 Å². The van der Waals surface area contributed by atoms with Gasteiger partial charge in [-0.1, -0.05) is 29.8 Å². The van der Waals surface area contributed by atoms with Crippen LogP contribution in [0.3, 0.4) is 0 Å². The van der Waals surface area contributed by atoms with Crippen molar-refractivity contribution in [3.63, 3.8) is 0 Å². The molecular weight excluding hydrogens is 330 g/mol. The average Bonchev–Trinajstić information content (AvgIpc) is 2.58. The third-order valence-electron chi connectivity index (χ3n) is 3.04. The molecule has 0 saturated carbocycles. The molecule has 0 N–H and O–H groups in total. The Morgan fingerprint density at radius 2 is 1.83 bits per heavy atom. The van der Waals surface area contributed by atoms with Crippen LogP contribution in [-0.4, -0.2) is 18.4 Å². The summed E-state index contributed by atoms with van der Waals surface area (Å²) in [6, 6.07) is 14.5. The van der Waals surface area contributed by atoms with E-state index in [9.17, 15) is 20.0 Å². The molecule has 0 spiro atoms. The summed E-state index contributed by atoms with van der Waals surface area (Å²) in [5.41, 5.74) is 0.625. The molecule has 0 fully saturated rings. The van der Waals surface area contributed by atoms with E-state index in [-0.39, 0.29) is 11.3 Å². The normalized spacial score (nSPS) is 10.8. The summed E-state index contributed by atoms with van der Waals surface area (Å²) < 4.78 is 5.10. The van der Waals surface area contributed by atoms with E-state index >= 15 is 0 Å². The monoisotopic (exact) mass is 340 g/mol. The number of carbonyl (C=O) groups excluding carboxylic acids is 2. The molecule has 0 amide bonds. The Kier molecular flexibility index (Phi) is 5.72. The van der Waals surface area contributed by atoms with Crippen LogP contribution in [-0.2, 0) is 4.79 Å². The smallest absolute Gasteiger partial charge is 0.203 e. The van der Waals surface area contributed by atoms with Gasteiger partial charge in [0.2, 0.25) is 5.78 Å². The van der Waals surface area contributed by atoms with Gasteiger partial charge in [-0.15, -0.1) is 0 Å². The highest BCUT2D eigenvalue weighted by atomic mass is 35.5. The molecule has 24 heavy (non-hydrogen) atoms. The fraction of sp³-hybridized carbons (Fsp3) is 0.0556. The number of benzene rings is 2. The maximum atomic E-state index is 12.4. The van der Waals surface area contributed by atoms with Gasteiger partial charge < -0.3 is 14.6 Å². The van der Waals surface area contributed by atoms with E-state index < -0.39 is 18.4 Å². The van der Waals surface area contributed by atoms with Crippen LogP contribution < -0.4 is 9.84 Å². The maximum Gasteiger partial charge on any atom is 0.203 e. The number of rotatable bonds is 6. The van der Waals surface area contributed by atoms with Gasteiger partial charge in [0.05, 0.1) is 5.97 Å². The van der Waals surface area contributed by atoms with Gasteiger partial charge in [0.1, 0.15) is 24.0 Å². The van der Waals surface area contributed by atoms with Crippen molar-refractivity contribution in [1.29, 1.82) is 5.26 Å². The minimum atomic E-state index is -1.37. The van der Waals surface area contributed by atoms with Crippen LogP contribution in [0.5, 0.6) is 5.75 Å². The molecule has 0 aliphatic heterocycles. The van der Waals surface area contributed by atoms with E-state index in [0.717, 1.165) is 0 Å². The minimum Gasteiger partial charge on any atom is -0.546 e. The lowest BCUT2D eigenvalue weighted by Gasteiger charge is -2.09. The average molecular weight is 341 g/mol. The number of carboxylic acids is 1. The topological polar surface area (TPSA) is 90.2 Å². The molecule has 0 atom stereocenters. The van der Waals surface area contributed by atoms with E-state index in [1.165, 1.54) is 24.3 Å². The fourth-order valence-corrected chi connectivity index (χ4v) is 2.05. The standard InChI is InChI=1S/C18H12ClNO4/c19-15-7-5-12(6-8-15)18(23)14(10-20)9-13-3-1-2-4-16(13)24-11-17(21)22/h1-9H,11H2,(H,21,22)/p-1/b14-9+. The molecule has 120 valence electrons. The molecule has 2 aromatic carbocycles. The Morgan fingerprint density at radius 1 is 1.17 bits per heavy atom. The third-order valence-corrected chi connectivity index (χ3v) is 3.29. The number of nitrogens with zero attached hydrogens (tertiary/aromatic N) is 1. The lowest BCUT2D eigenvalue weighted by Crippen LogP contribution is -2.29. The van der Waals surface area contributed by atoms with Crippen LogP contribution in [0.25, 0.3) is 6.08 Å². The second kappa shape index (κ2) is 7.95. The molecule has 0 aromatic heterocycles. The summed E-state index contributed by atoms with van der Waals surface area (Å²) in [6.07, 6.45) is 1.35. The zero-order valence-electron chi connectivity index (χ0n) is 12.4. The van der Waals surface area contributed by atoms with Crippen molar-refractivity contribution in [2.45, 2.75) is 0 Å². The minimum absolute atomic E-state index is 0.109. The molecule has 0 aliphatic rings. The van der Waals surface area contributed by atoms with E-state index in [1.807, 2.05) is 6.07 Å². The lowest BCUT2D eigenvalue weighted by molar-refractivity contribution is -0.307. The Hall–Kier alpha value is -3.10. The number of ether oxygens (including phenoxy) is 1. The summed E-state index contributed by atoms with van der Waals surface area (Å²) in [5, 5.41) is 20.3. The predicted octanol–water partition coefficient (Wildman–Crippen LogP) is 2.26. The van der Waals surface area contributed by atoms with Gasteiger partial charge in [-0.3, -0.25) is 4.79 Å². The summed E-state index contributed by atoms with van der Waals surface area (Å²) >= 11 is 5.78. The first-order valence-electron chi connectivity index (χ1n) is 6.85. The number of nitriles is 1. The van der Waals surface area contributed by atoms with Crippen LogP contribution in [0.1, 0.15) is 15.9 Å². The predicted molar refractivity (Wildman–Crippen MR) is 86.3 cm³/mol.